The summed E-state index contributed by atoms with van der Waals surface area (Å²) in [7, 11) is 0. The maximum atomic E-state index is 13.2. The number of aryl methyl sites for hydroxylation is 1. The van der Waals surface area contributed by atoms with Crippen LogP contribution in [0.2, 0.25) is 5.02 Å². The minimum absolute atomic E-state index is 0.0439. The van der Waals surface area contributed by atoms with Crippen molar-refractivity contribution in [2.45, 2.75) is 52.7 Å². The van der Waals surface area contributed by atoms with Gasteiger partial charge in [0, 0.05) is 30.1 Å². The van der Waals surface area contributed by atoms with Gasteiger partial charge in [0.25, 0.3) is 5.91 Å². The zero-order valence-electron chi connectivity index (χ0n) is 16.9. The Morgan fingerprint density at radius 1 is 1.32 bits per heavy atom. The average molecular weight is 406 g/mol. The van der Waals surface area contributed by atoms with Gasteiger partial charge < -0.3 is 14.7 Å². The molecule has 0 spiro atoms. The maximum absolute atomic E-state index is 13.2. The zero-order chi connectivity index (χ0) is 20.6. The fraction of sp³-hybridized carbons (Fsp3) is 0.571. The molecule has 2 aliphatic heterocycles. The van der Waals surface area contributed by atoms with Crippen LogP contribution in [0.25, 0.3) is 0 Å². The summed E-state index contributed by atoms with van der Waals surface area (Å²) in [6, 6.07) is 4.70. The van der Waals surface area contributed by atoms with Gasteiger partial charge in [-0.05, 0) is 37.5 Å². The number of carbonyl (C=O) groups is 3. The number of hydrogen-bond donors (Lipinski definition) is 0. The second kappa shape index (κ2) is 8.11. The summed E-state index contributed by atoms with van der Waals surface area (Å²) in [5.41, 5.74) is 1.41. The molecule has 3 atom stereocenters. The first-order valence-electron chi connectivity index (χ1n) is 9.91. The van der Waals surface area contributed by atoms with Crippen LogP contribution >= 0.6 is 11.6 Å². The van der Waals surface area contributed by atoms with E-state index in [2.05, 4.69) is 13.8 Å². The van der Waals surface area contributed by atoms with Crippen LogP contribution in [0.5, 0.6) is 0 Å². The Morgan fingerprint density at radius 3 is 2.68 bits per heavy atom. The number of amides is 3. The lowest BCUT2D eigenvalue weighted by Crippen LogP contribution is -2.70. The van der Waals surface area contributed by atoms with Crippen LogP contribution in [-0.2, 0) is 9.59 Å². The molecule has 0 aromatic heterocycles. The summed E-state index contributed by atoms with van der Waals surface area (Å²) >= 11 is 6.21. The van der Waals surface area contributed by atoms with Crippen LogP contribution in [0.3, 0.4) is 0 Å². The lowest BCUT2D eigenvalue weighted by atomic mass is 10.0. The molecular weight excluding hydrogens is 378 g/mol. The van der Waals surface area contributed by atoms with Crippen molar-refractivity contribution in [3.8, 4) is 0 Å². The molecule has 1 aromatic rings. The van der Waals surface area contributed by atoms with Crippen LogP contribution in [-0.4, -0.2) is 64.3 Å². The van der Waals surface area contributed by atoms with Gasteiger partial charge in [0.1, 0.15) is 12.2 Å². The van der Waals surface area contributed by atoms with E-state index in [9.17, 15) is 14.4 Å². The summed E-state index contributed by atoms with van der Waals surface area (Å²) in [6.07, 6.45) is 0.756. The molecule has 6 nitrogen and oxygen atoms in total. The highest BCUT2D eigenvalue weighted by Crippen LogP contribution is 2.28. The summed E-state index contributed by atoms with van der Waals surface area (Å²) in [4.78, 5) is 43.7. The normalized spacial score (nSPS) is 23.7. The van der Waals surface area contributed by atoms with E-state index in [0.29, 0.717) is 36.1 Å². The number of benzene rings is 1. The Bertz CT molecular complexity index is 797. The van der Waals surface area contributed by atoms with Crippen LogP contribution in [0.1, 0.15) is 49.5 Å². The molecule has 1 aromatic carbocycles. The number of fused-ring (bicyclic) bond motifs is 1. The molecule has 2 saturated heterocycles. The lowest BCUT2D eigenvalue weighted by molar-refractivity contribution is -0.166. The fourth-order valence-corrected chi connectivity index (χ4v) is 4.12. The summed E-state index contributed by atoms with van der Waals surface area (Å²) < 4.78 is 0. The van der Waals surface area contributed by atoms with Crippen LogP contribution in [0.15, 0.2) is 18.2 Å². The summed E-state index contributed by atoms with van der Waals surface area (Å²) in [5, 5.41) is 0.543. The van der Waals surface area contributed by atoms with E-state index in [1.54, 1.807) is 33.8 Å². The molecule has 0 N–H and O–H groups in total. The molecule has 2 heterocycles. The standard InChI is InChI=1S/C21H28ClN3O3/c1-5-13(2)11-23-12-18-24(9-8-19(26)25(18)15(4)20(23)27)21(28)16-7-6-14(3)17(22)10-16/h6-7,10,13,15,18H,5,8-9,11-12H2,1-4H3. The van der Waals surface area contributed by atoms with Gasteiger partial charge in [-0.1, -0.05) is 37.9 Å². The molecule has 2 aliphatic rings. The summed E-state index contributed by atoms with van der Waals surface area (Å²) in [5.74, 6) is 0.0918. The largest absolute Gasteiger partial charge is 0.337 e. The van der Waals surface area contributed by atoms with Crippen molar-refractivity contribution in [1.29, 1.82) is 0 Å². The quantitative estimate of drug-likeness (QED) is 0.773. The second-order valence-corrected chi connectivity index (χ2v) is 8.33. The van der Waals surface area contributed by atoms with Crippen molar-refractivity contribution in [3.05, 3.63) is 34.3 Å². The number of piperazine rings is 1. The predicted molar refractivity (Wildman–Crippen MR) is 108 cm³/mol. The van der Waals surface area contributed by atoms with Gasteiger partial charge in [-0.15, -0.1) is 0 Å². The maximum Gasteiger partial charge on any atom is 0.255 e. The molecule has 3 rings (SSSR count). The third-order valence-corrected chi connectivity index (χ3v) is 6.32. The smallest absolute Gasteiger partial charge is 0.255 e. The van der Waals surface area contributed by atoms with E-state index in [1.165, 1.54) is 0 Å². The van der Waals surface area contributed by atoms with Crippen LogP contribution in [0.4, 0.5) is 0 Å². The molecule has 2 fully saturated rings. The monoisotopic (exact) mass is 405 g/mol. The molecule has 0 bridgehead atoms. The molecule has 7 heteroatoms. The summed E-state index contributed by atoms with van der Waals surface area (Å²) in [6.45, 7) is 9.18. The molecule has 3 unspecified atom stereocenters. The van der Waals surface area contributed by atoms with Crippen LogP contribution < -0.4 is 0 Å². The molecule has 152 valence electrons. The van der Waals surface area contributed by atoms with Gasteiger partial charge in [0.15, 0.2) is 0 Å². The number of rotatable bonds is 4. The molecule has 28 heavy (non-hydrogen) atoms. The van der Waals surface area contributed by atoms with Crippen molar-refractivity contribution >= 4 is 29.3 Å². The first-order valence-corrected chi connectivity index (χ1v) is 10.3. The predicted octanol–water partition coefficient (Wildman–Crippen LogP) is 2.93. The average Bonchev–Trinajstić information content (AvgIpc) is 2.67. The van der Waals surface area contributed by atoms with Gasteiger partial charge in [-0.25, -0.2) is 0 Å². The van der Waals surface area contributed by atoms with Gasteiger partial charge in [0.05, 0.1) is 6.54 Å². The molecule has 3 amide bonds. The molecule has 0 aliphatic carbocycles. The minimum Gasteiger partial charge on any atom is -0.337 e. The first-order chi connectivity index (χ1) is 13.2. The van der Waals surface area contributed by atoms with E-state index in [0.717, 1.165) is 12.0 Å². The molecule has 0 saturated carbocycles. The van der Waals surface area contributed by atoms with E-state index in [1.807, 2.05) is 13.0 Å². The van der Waals surface area contributed by atoms with Gasteiger partial charge in [0.2, 0.25) is 11.8 Å². The van der Waals surface area contributed by atoms with Crippen molar-refractivity contribution in [1.82, 2.24) is 14.7 Å². The Morgan fingerprint density at radius 2 is 2.04 bits per heavy atom. The van der Waals surface area contributed by atoms with Crippen molar-refractivity contribution in [2.75, 3.05) is 19.6 Å². The Hall–Kier alpha value is -2.08. The Balaban J connectivity index is 1.90. The molecule has 0 radical (unpaired) electrons. The van der Waals surface area contributed by atoms with Gasteiger partial charge in [-0.3, -0.25) is 14.4 Å². The van der Waals surface area contributed by atoms with E-state index >= 15 is 0 Å². The molecular formula is C21H28ClN3O3. The number of carbonyl (C=O) groups excluding carboxylic acids is 3. The van der Waals surface area contributed by atoms with Crippen molar-refractivity contribution < 1.29 is 14.4 Å². The van der Waals surface area contributed by atoms with Crippen LogP contribution in [0, 0.1) is 12.8 Å². The topological polar surface area (TPSA) is 60.9 Å². The zero-order valence-corrected chi connectivity index (χ0v) is 17.7. The number of halogens is 1. The Labute approximate surface area is 171 Å². The van der Waals surface area contributed by atoms with Gasteiger partial charge in [-0.2, -0.15) is 0 Å². The van der Waals surface area contributed by atoms with Gasteiger partial charge >= 0.3 is 0 Å². The lowest BCUT2D eigenvalue weighted by Gasteiger charge is -2.51. The third kappa shape index (κ3) is 3.75. The van der Waals surface area contributed by atoms with E-state index in [4.69, 9.17) is 11.6 Å². The second-order valence-electron chi connectivity index (χ2n) is 7.93. The number of nitrogens with zero attached hydrogens (tertiary/aromatic N) is 3. The van der Waals surface area contributed by atoms with E-state index < -0.39 is 12.2 Å². The van der Waals surface area contributed by atoms with Crippen molar-refractivity contribution in [2.24, 2.45) is 5.92 Å². The van der Waals surface area contributed by atoms with Crippen molar-refractivity contribution in [3.63, 3.8) is 0 Å². The first kappa shape index (κ1) is 20.6. The fourth-order valence-electron chi connectivity index (χ4n) is 3.94. The highest BCUT2D eigenvalue weighted by atomic mass is 35.5. The SMILES string of the molecule is CCC(C)CN1CC2N(C(=O)c3ccc(C)c(Cl)c3)CCC(=O)N2C(C)C1=O. The third-order valence-electron chi connectivity index (χ3n) is 5.91. The minimum atomic E-state index is -0.562. The van der Waals surface area contributed by atoms with E-state index in [-0.39, 0.29) is 24.1 Å². The number of hydrogen-bond acceptors (Lipinski definition) is 3. The highest BCUT2D eigenvalue weighted by molar-refractivity contribution is 6.31. The highest BCUT2D eigenvalue weighted by Gasteiger charge is 2.47. The Kier molecular flexibility index (Phi) is 5.98.